The molecule has 1 aliphatic carbocycles. The highest BCUT2D eigenvalue weighted by Gasteiger charge is 2.52. The van der Waals surface area contributed by atoms with Gasteiger partial charge in [-0.2, -0.15) is 0 Å². The summed E-state index contributed by atoms with van der Waals surface area (Å²) in [4.78, 5) is 2.68. The molecular weight excluding hydrogens is 567 g/mol. The Bertz CT molecular complexity index is 2620. The van der Waals surface area contributed by atoms with E-state index in [2.05, 4.69) is 146 Å². The molecule has 0 bridgehead atoms. The average molecular weight is 602 g/mol. The zero-order valence-corrected chi connectivity index (χ0v) is 26.8. The van der Waals surface area contributed by atoms with Crippen LogP contribution in [0.5, 0.6) is 0 Å². The number of anilines is 2. The lowest BCUT2D eigenvalue weighted by Gasteiger charge is -2.46. The molecular formula is C46H35N. The minimum Gasteiger partial charge on any atom is -0.335 e. The molecule has 9 aromatic rings. The lowest BCUT2D eigenvalue weighted by atomic mass is 9.67. The molecule has 0 spiro atoms. The number of fused-ring (bicyclic) bond motifs is 9. The van der Waals surface area contributed by atoms with Crippen molar-refractivity contribution < 1.29 is 0 Å². The zero-order chi connectivity index (χ0) is 31.0. The van der Waals surface area contributed by atoms with Crippen molar-refractivity contribution in [3.8, 4) is 11.1 Å². The van der Waals surface area contributed by atoms with E-state index >= 15 is 0 Å². The van der Waals surface area contributed by atoms with Crippen molar-refractivity contribution in [3.05, 3.63) is 133 Å². The molecule has 2 aliphatic rings. The van der Waals surface area contributed by atoms with Crippen molar-refractivity contribution in [2.45, 2.75) is 44.6 Å². The van der Waals surface area contributed by atoms with Gasteiger partial charge in [-0.05, 0) is 143 Å². The van der Waals surface area contributed by atoms with Crippen molar-refractivity contribution in [3.63, 3.8) is 0 Å². The van der Waals surface area contributed by atoms with E-state index in [1.54, 1.807) is 0 Å². The first-order valence-electron chi connectivity index (χ1n) is 17.4. The molecule has 1 fully saturated rings. The molecule has 0 radical (unpaired) electrons. The van der Waals surface area contributed by atoms with Crippen molar-refractivity contribution in [2.75, 3.05) is 4.90 Å². The largest absolute Gasteiger partial charge is 0.335 e. The Morgan fingerprint density at radius 3 is 1.94 bits per heavy atom. The van der Waals surface area contributed by atoms with Crippen LogP contribution in [0.15, 0.2) is 127 Å². The van der Waals surface area contributed by atoms with Gasteiger partial charge in [-0.15, -0.1) is 0 Å². The molecule has 1 nitrogen and oxygen atoms in total. The van der Waals surface area contributed by atoms with Gasteiger partial charge in [0.2, 0.25) is 0 Å². The maximum Gasteiger partial charge on any atom is 0.0495 e. The Hall–Kier alpha value is -5.14. The number of hydrogen-bond donors (Lipinski definition) is 0. The maximum atomic E-state index is 2.68. The van der Waals surface area contributed by atoms with Crippen LogP contribution in [-0.2, 0) is 0 Å². The van der Waals surface area contributed by atoms with Crippen LogP contribution in [0, 0.1) is 5.92 Å². The summed E-state index contributed by atoms with van der Waals surface area (Å²) in [7, 11) is 0. The Morgan fingerprint density at radius 2 is 1.21 bits per heavy atom. The first-order valence-corrected chi connectivity index (χ1v) is 17.4. The highest BCUT2D eigenvalue weighted by Crippen LogP contribution is 2.60. The summed E-state index contributed by atoms with van der Waals surface area (Å²) in [6.45, 7) is 5.01. The summed E-state index contributed by atoms with van der Waals surface area (Å²) in [6.07, 6.45) is 3.82. The van der Waals surface area contributed by atoms with Gasteiger partial charge in [0, 0.05) is 22.8 Å². The molecule has 1 saturated carbocycles. The summed E-state index contributed by atoms with van der Waals surface area (Å²) < 4.78 is 0. The molecule has 0 amide bonds. The molecule has 0 saturated heterocycles. The average Bonchev–Trinajstić information content (AvgIpc) is 3.69. The minimum atomic E-state index is 0.0903. The third kappa shape index (κ3) is 3.25. The highest BCUT2D eigenvalue weighted by atomic mass is 15.2. The van der Waals surface area contributed by atoms with Crippen LogP contribution >= 0.6 is 0 Å². The molecule has 3 unspecified atom stereocenters. The van der Waals surface area contributed by atoms with E-state index in [0.717, 1.165) is 0 Å². The molecule has 1 aliphatic heterocycles. The van der Waals surface area contributed by atoms with Gasteiger partial charge >= 0.3 is 0 Å². The minimum absolute atomic E-state index is 0.0903. The monoisotopic (exact) mass is 601 g/mol. The summed E-state index contributed by atoms with van der Waals surface area (Å²) in [6, 6.07) is 48.7. The first kappa shape index (κ1) is 26.0. The second kappa shape index (κ2) is 9.02. The number of hydrogen-bond acceptors (Lipinski definition) is 1. The molecule has 0 aromatic heterocycles. The van der Waals surface area contributed by atoms with Gasteiger partial charge in [0.15, 0.2) is 0 Å². The highest BCUT2D eigenvalue weighted by molar-refractivity contribution is 6.38. The van der Waals surface area contributed by atoms with Crippen LogP contribution in [-0.4, -0.2) is 5.54 Å². The third-order valence-electron chi connectivity index (χ3n) is 12.3. The van der Waals surface area contributed by atoms with E-state index in [-0.39, 0.29) is 5.54 Å². The summed E-state index contributed by atoms with van der Waals surface area (Å²) in [5.41, 5.74) is 7.00. The van der Waals surface area contributed by atoms with Crippen LogP contribution in [0.2, 0.25) is 0 Å². The van der Waals surface area contributed by atoms with Crippen LogP contribution in [0.25, 0.3) is 75.8 Å². The first-order chi connectivity index (χ1) is 23.1. The van der Waals surface area contributed by atoms with E-state index in [1.165, 1.54) is 112 Å². The molecule has 3 atom stereocenters. The Labute approximate surface area is 274 Å². The summed E-state index contributed by atoms with van der Waals surface area (Å²) in [5.74, 6) is 1.17. The van der Waals surface area contributed by atoms with E-state index in [4.69, 9.17) is 0 Å². The van der Waals surface area contributed by atoms with Gasteiger partial charge in [-0.1, -0.05) is 104 Å². The number of nitrogens with zero attached hydrogens (tertiary/aromatic N) is 1. The normalized spacial score (nSPS) is 21.2. The van der Waals surface area contributed by atoms with Crippen molar-refractivity contribution in [1.82, 2.24) is 0 Å². The van der Waals surface area contributed by atoms with Crippen LogP contribution in [0.1, 0.15) is 44.6 Å². The predicted molar refractivity (Wildman–Crippen MR) is 202 cm³/mol. The number of benzene rings is 7. The van der Waals surface area contributed by atoms with Crippen molar-refractivity contribution in [1.29, 1.82) is 0 Å². The molecule has 11 rings (SSSR count). The number of rotatable bonds is 2. The Balaban J connectivity index is 1.14. The second-order valence-electron chi connectivity index (χ2n) is 14.7. The zero-order valence-electron chi connectivity index (χ0n) is 26.8. The summed E-state index contributed by atoms with van der Waals surface area (Å²) in [5, 5.41) is 16.4. The van der Waals surface area contributed by atoms with Crippen LogP contribution in [0.3, 0.4) is 0 Å². The fourth-order valence-electron chi connectivity index (χ4n) is 10.5. The SMILES string of the molecule is CC1CCCC2(C)C1c1cc(-c3ccc4c5cc6c(cc5c5cccc3c54)c3cccc4cccc6c43)ccc1N2c1ccccc1. The molecule has 9 aromatic carbocycles. The van der Waals surface area contributed by atoms with Gasteiger partial charge in [0.25, 0.3) is 0 Å². The molecule has 224 valence electrons. The number of para-hydroxylation sites is 1. The lowest BCUT2D eigenvalue weighted by molar-refractivity contribution is 0.223. The standard InChI is InChI=1S/C46H35N/c1-27-10-9-23-46(2)45(27)41-24-29(19-22-42(41)47(46)30-13-4-3-5-14-30)31-20-21-36-40-26-38-34-16-7-12-28-11-6-15-33(43(28)34)37(38)25-39(40)35-18-8-17-32(31)44(35)36/h3-8,11-22,24-27,45H,9-10,23H2,1-2H3. The molecule has 47 heavy (non-hydrogen) atoms. The Morgan fingerprint density at radius 1 is 0.574 bits per heavy atom. The van der Waals surface area contributed by atoms with E-state index in [1.807, 2.05) is 0 Å². The molecule has 1 heteroatoms. The second-order valence-corrected chi connectivity index (χ2v) is 14.7. The fourth-order valence-corrected chi connectivity index (χ4v) is 10.5. The topological polar surface area (TPSA) is 3.24 Å². The van der Waals surface area contributed by atoms with Crippen molar-refractivity contribution >= 4 is 76.0 Å². The van der Waals surface area contributed by atoms with Crippen LogP contribution < -0.4 is 4.90 Å². The molecule has 1 heterocycles. The van der Waals surface area contributed by atoms with Crippen molar-refractivity contribution in [2.24, 2.45) is 5.92 Å². The lowest BCUT2D eigenvalue weighted by Crippen LogP contribution is -2.47. The van der Waals surface area contributed by atoms with Gasteiger partial charge in [-0.3, -0.25) is 0 Å². The summed E-state index contributed by atoms with van der Waals surface area (Å²) >= 11 is 0. The molecule has 0 N–H and O–H groups in total. The third-order valence-corrected chi connectivity index (χ3v) is 12.3. The maximum absolute atomic E-state index is 2.68. The van der Waals surface area contributed by atoms with Crippen LogP contribution in [0.4, 0.5) is 11.4 Å². The van der Waals surface area contributed by atoms with Gasteiger partial charge < -0.3 is 4.90 Å². The smallest absolute Gasteiger partial charge is 0.0495 e. The van der Waals surface area contributed by atoms with Gasteiger partial charge in [0.1, 0.15) is 0 Å². The van der Waals surface area contributed by atoms with E-state index in [9.17, 15) is 0 Å². The van der Waals surface area contributed by atoms with Gasteiger partial charge in [0.05, 0.1) is 0 Å². The quantitative estimate of drug-likeness (QED) is 0.190. The van der Waals surface area contributed by atoms with Gasteiger partial charge in [-0.25, -0.2) is 0 Å². The van der Waals surface area contributed by atoms with E-state index in [0.29, 0.717) is 11.8 Å². The predicted octanol–water partition coefficient (Wildman–Crippen LogP) is 13.0. The Kier molecular flexibility index (Phi) is 4.98. The van der Waals surface area contributed by atoms with E-state index < -0.39 is 0 Å². The fraction of sp³-hybridized carbons (Fsp3) is 0.174.